The van der Waals surface area contributed by atoms with Crippen LogP contribution in [-0.4, -0.2) is 38.8 Å². The number of methoxy groups -OCH3 is 2. The van der Waals surface area contributed by atoms with Gasteiger partial charge in [-0.2, -0.15) is 0 Å². The molecule has 0 spiro atoms. The minimum absolute atomic E-state index is 0.260. The van der Waals surface area contributed by atoms with Crippen LogP contribution >= 0.6 is 0 Å². The van der Waals surface area contributed by atoms with Crippen molar-refractivity contribution in [2.24, 2.45) is 5.92 Å². The normalized spacial score (nSPS) is 11.5. The summed E-state index contributed by atoms with van der Waals surface area (Å²) < 4.78 is 21.5. The van der Waals surface area contributed by atoms with E-state index >= 15 is 0 Å². The minimum atomic E-state index is -1.00. The summed E-state index contributed by atoms with van der Waals surface area (Å²) in [5.74, 6) is 0.729. The van der Waals surface area contributed by atoms with Crippen LogP contribution in [0, 0.1) is 5.92 Å². The summed E-state index contributed by atoms with van der Waals surface area (Å²) in [6.07, 6.45) is -1.00. The second kappa shape index (κ2) is 10.4. The topological polar surface area (TPSA) is 83.1 Å². The van der Waals surface area contributed by atoms with E-state index in [1.807, 2.05) is 13.8 Å². The Balaban J connectivity index is 2.03. The fourth-order valence-electron chi connectivity index (χ4n) is 2.43. The quantitative estimate of drug-likeness (QED) is 0.641. The maximum atomic E-state index is 12.5. The SMILES string of the molecule is COc1ccccc1NC(=O)C(C)OC(=O)c1ccc(OCC(C)C)c(OC)c1. The van der Waals surface area contributed by atoms with Gasteiger partial charge in [-0.05, 0) is 43.2 Å². The third-order valence-electron chi connectivity index (χ3n) is 3.99. The predicted molar refractivity (Wildman–Crippen MR) is 110 cm³/mol. The van der Waals surface area contributed by atoms with Crippen molar-refractivity contribution >= 4 is 17.6 Å². The first-order valence-electron chi connectivity index (χ1n) is 9.31. The number of amides is 1. The van der Waals surface area contributed by atoms with Crippen molar-refractivity contribution in [2.45, 2.75) is 26.9 Å². The van der Waals surface area contributed by atoms with Gasteiger partial charge in [0.05, 0.1) is 32.1 Å². The molecule has 1 amide bonds. The molecule has 0 fully saturated rings. The molecule has 156 valence electrons. The number of carbonyl (C=O) groups is 2. The third kappa shape index (κ3) is 6.14. The average Bonchev–Trinajstić information content (AvgIpc) is 2.72. The summed E-state index contributed by atoms with van der Waals surface area (Å²) in [5, 5.41) is 2.69. The van der Waals surface area contributed by atoms with Crippen molar-refractivity contribution in [3.8, 4) is 17.2 Å². The molecule has 0 saturated heterocycles. The van der Waals surface area contributed by atoms with Gasteiger partial charge in [-0.25, -0.2) is 4.79 Å². The highest BCUT2D eigenvalue weighted by molar-refractivity contribution is 5.98. The van der Waals surface area contributed by atoms with Crippen LogP contribution in [0.15, 0.2) is 42.5 Å². The van der Waals surface area contributed by atoms with Gasteiger partial charge in [0.15, 0.2) is 17.6 Å². The molecule has 0 saturated carbocycles. The van der Waals surface area contributed by atoms with Crippen LogP contribution in [0.4, 0.5) is 5.69 Å². The fourth-order valence-corrected chi connectivity index (χ4v) is 2.43. The zero-order chi connectivity index (χ0) is 21.4. The predicted octanol–water partition coefficient (Wildman–Crippen LogP) is 3.92. The van der Waals surface area contributed by atoms with Gasteiger partial charge in [-0.1, -0.05) is 26.0 Å². The minimum Gasteiger partial charge on any atom is -0.495 e. The van der Waals surface area contributed by atoms with Crippen molar-refractivity contribution < 1.29 is 28.5 Å². The van der Waals surface area contributed by atoms with Crippen LogP contribution in [0.5, 0.6) is 17.2 Å². The van der Waals surface area contributed by atoms with Gasteiger partial charge in [0.25, 0.3) is 5.91 Å². The monoisotopic (exact) mass is 401 g/mol. The molecule has 0 aliphatic rings. The van der Waals surface area contributed by atoms with Crippen molar-refractivity contribution in [2.75, 3.05) is 26.1 Å². The van der Waals surface area contributed by atoms with E-state index < -0.39 is 18.0 Å². The van der Waals surface area contributed by atoms with E-state index in [2.05, 4.69) is 5.32 Å². The Labute approximate surface area is 170 Å². The first-order valence-corrected chi connectivity index (χ1v) is 9.31. The van der Waals surface area contributed by atoms with Gasteiger partial charge in [-0.15, -0.1) is 0 Å². The Bertz CT molecular complexity index is 849. The van der Waals surface area contributed by atoms with Crippen molar-refractivity contribution in [1.82, 2.24) is 0 Å². The molecule has 1 N–H and O–H groups in total. The van der Waals surface area contributed by atoms with Gasteiger partial charge in [0.2, 0.25) is 0 Å². The number of hydrogen-bond donors (Lipinski definition) is 1. The number of carbonyl (C=O) groups excluding carboxylic acids is 2. The Kier molecular flexibility index (Phi) is 7.88. The van der Waals surface area contributed by atoms with E-state index in [0.717, 1.165) is 0 Å². The molecule has 2 aromatic rings. The fraction of sp³-hybridized carbons (Fsp3) is 0.364. The van der Waals surface area contributed by atoms with Crippen LogP contribution in [0.3, 0.4) is 0 Å². The van der Waals surface area contributed by atoms with Gasteiger partial charge in [-0.3, -0.25) is 4.79 Å². The maximum Gasteiger partial charge on any atom is 0.339 e. The number of nitrogens with one attached hydrogen (secondary N) is 1. The molecule has 0 bridgehead atoms. The molecule has 1 unspecified atom stereocenters. The second-order valence-corrected chi connectivity index (χ2v) is 6.81. The number of benzene rings is 2. The van der Waals surface area contributed by atoms with Crippen molar-refractivity contribution in [3.63, 3.8) is 0 Å². The molecule has 0 aromatic heterocycles. The van der Waals surface area contributed by atoms with E-state index in [9.17, 15) is 9.59 Å². The standard InChI is InChI=1S/C22H27NO6/c1-14(2)13-28-19-11-10-16(12-20(19)27-5)22(25)29-15(3)21(24)23-17-8-6-7-9-18(17)26-4/h6-12,14-15H,13H2,1-5H3,(H,23,24). The first-order chi connectivity index (χ1) is 13.8. The molecule has 0 radical (unpaired) electrons. The lowest BCUT2D eigenvalue weighted by molar-refractivity contribution is -0.123. The summed E-state index contributed by atoms with van der Waals surface area (Å²) in [7, 11) is 3.01. The van der Waals surface area contributed by atoms with E-state index in [1.165, 1.54) is 27.2 Å². The zero-order valence-corrected chi connectivity index (χ0v) is 17.4. The molecular formula is C22H27NO6. The molecule has 2 rings (SSSR count). The summed E-state index contributed by atoms with van der Waals surface area (Å²) in [6.45, 7) is 6.10. The van der Waals surface area contributed by atoms with Gasteiger partial charge < -0.3 is 24.3 Å². The highest BCUT2D eigenvalue weighted by atomic mass is 16.5. The molecule has 1 atom stereocenters. The number of esters is 1. The van der Waals surface area contributed by atoms with E-state index in [4.69, 9.17) is 18.9 Å². The zero-order valence-electron chi connectivity index (χ0n) is 17.4. The number of para-hydroxylation sites is 2. The van der Waals surface area contributed by atoms with Gasteiger partial charge in [0.1, 0.15) is 5.75 Å². The first kappa shape index (κ1) is 22.1. The largest absolute Gasteiger partial charge is 0.495 e. The van der Waals surface area contributed by atoms with E-state index in [1.54, 1.807) is 36.4 Å². The third-order valence-corrected chi connectivity index (χ3v) is 3.99. The number of ether oxygens (including phenoxy) is 4. The van der Waals surface area contributed by atoms with Gasteiger partial charge >= 0.3 is 5.97 Å². The maximum absolute atomic E-state index is 12.5. The number of rotatable bonds is 9. The highest BCUT2D eigenvalue weighted by Gasteiger charge is 2.21. The lowest BCUT2D eigenvalue weighted by Gasteiger charge is -2.16. The highest BCUT2D eigenvalue weighted by Crippen LogP contribution is 2.29. The lowest BCUT2D eigenvalue weighted by atomic mass is 10.2. The number of anilines is 1. The molecular weight excluding hydrogens is 374 g/mol. The van der Waals surface area contributed by atoms with Crippen LogP contribution < -0.4 is 19.5 Å². The molecule has 0 aliphatic carbocycles. The molecule has 0 aliphatic heterocycles. The van der Waals surface area contributed by atoms with E-state index in [0.29, 0.717) is 35.5 Å². The lowest BCUT2D eigenvalue weighted by Crippen LogP contribution is -2.30. The Morgan fingerprint density at radius 3 is 2.28 bits per heavy atom. The molecule has 29 heavy (non-hydrogen) atoms. The van der Waals surface area contributed by atoms with Gasteiger partial charge in [0, 0.05) is 0 Å². The van der Waals surface area contributed by atoms with Crippen LogP contribution in [-0.2, 0) is 9.53 Å². The summed E-state index contributed by atoms with van der Waals surface area (Å²) in [5.41, 5.74) is 0.756. The Morgan fingerprint density at radius 1 is 0.931 bits per heavy atom. The van der Waals surface area contributed by atoms with E-state index in [-0.39, 0.29) is 5.56 Å². The molecule has 0 heterocycles. The Hall–Kier alpha value is -3.22. The Morgan fingerprint density at radius 2 is 1.62 bits per heavy atom. The van der Waals surface area contributed by atoms with Crippen LogP contribution in [0.1, 0.15) is 31.1 Å². The summed E-state index contributed by atoms with van der Waals surface area (Å²) >= 11 is 0. The van der Waals surface area contributed by atoms with Crippen molar-refractivity contribution in [1.29, 1.82) is 0 Å². The summed E-state index contributed by atoms with van der Waals surface area (Å²) in [6, 6.07) is 11.7. The van der Waals surface area contributed by atoms with Crippen LogP contribution in [0.2, 0.25) is 0 Å². The molecule has 7 heteroatoms. The molecule has 7 nitrogen and oxygen atoms in total. The molecule has 2 aromatic carbocycles. The smallest absolute Gasteiger partial charge is 0.339 e. The van der Waals surface area contributed by atoms with Crippen LogP contribution in [0.25, 0.3) is 0 Å². The second-order valence-electron chi connectivity index (χ2n) is 6.81. The van der Waals surface area contributed by atoms with Crippen molar-refractivity contribution in [3.05, 3.63) is 48.0 Å². The number of hydrogen-bond acceptors (Lipinski definition) is 6. The summed E-state index contributed by atoms with van der Waals surface area (Å²) in [4.78, 5) is 24.8. The average molecular weight is 401 g/mol.